The van der Waals surface area contributed by atoms with Gasteiger partial charge in [0.15, 0.2) is 0 Å². The Morgan fingerprint density at radius 3 is 2.75 bits per heavy atom. The van der Waals surface area contributed by atoms with Crippen molar-refractivity contribution >= 4 is 17.7 Å². The van der Waals surface area contributed by atoms with E-state index in [-0.39, 0.29) is 5.91 Å². The van der Waals surface area contributed by atoms with Crippen LogP contribution in [0.15, 0.2) is 30.3 Å². The maximum atomic E-state index is 12.5. The first kappa shape index (κ1) is 15.4. The molecule has 1 heterocycles. The van der Waals surface area contributed by atoms with Crippen LogP contribution < -0.4 is 5.73 Å². The molecule has 0 aliphatic carbocycles. The summed E-state index contributed by atoms with van der Waals surface area (Å²) in [5, 5.41) is 0.539. The summed E-state index contributed by atoms with van der Waals surface area (Å²) < 4.78 is 0. The van der Waals surface area contributed by atoms with Crippen LogP contribution in [0.1, 0.15) is 19.4 Å². The molecule has 1 aromatic rings. The number of rotatable bonds is 4. The van der Waals surface area contributed by atoms with E-state index in [9.17, 15) is 4.79 Å². The van der Waals surface area contributed by atoms with E-state index in [0.29, 0.717) is 17.6 Å². The molecule has 2 atom stereocenters. The van der Waals surface area contributed by atoms with Crippen LogP contribution >= 0.6 is 11.8 Å². The molecule has 2 rings (SSSR count). The van der Waals surface area contributed by atoms with Crippen LogP contribution in [0.4, 0.5) is 0 Å². The Bertz CT molecular complexity index is 435. The van der Waals surface area contributed by atoms with Gasteiger partial charge in [-0.3, -0.25) is 4.79 Å². The Balaban J connectivity index is 1.93. The first-order chi connectivity index (χ1) is 9.58. The third-order valence-electron chi connectivity index (χ3n) is 3.76. The van der Waals surface area contributed by atoms with Gasteiger partial charge in [0.05, 0.1) is 6.04 Å². The fourth-order valence-corrected chi connectivity index (χ4v) is 3.77. The van der Waals surface area contributed by atoms with Crippen molar-refractivity contribution in [2.75, 3.05) is 18.8 Å². The van der Waals surface area contributed by atoms with Gasteiger partial charge in [0.2, 0.25) is 5.91 Å². The molecular weight excluding hydrogens is 268 g/mol. The highest BCUT2D eigenvalue weighted by atomic mass is 32.2. The van der Waals surface area contributed by atoms with Crippen molar-refractivity contribution in [3.8, 4) is 0 Å². The van der Waals surface area contributed by atoms with Gasteiger partial charge in [0.1, 0.15) is 0 Å². The number of nitrogens with zero attached hydrogens (tertiary/aromatic N) is 1. The lowest BCUT2D eigenvalue weighted by atomic mass is 10.0. The highest BCUT2D eigenvalue weighted by Gasteiger charge is 2.28. The molecule has 1 saturated heterocycles. The molecule has 4 heteroatoms. The molecule has 1 amide bonds. The molecule has 0 aromatic heterocycles. The van der Waals surface area contributed by atoms with Gasteiger partial charge in [0.25, 0.3) is 0 Å². The predicted molar refractivity (Wildman–Crippen MR) is 85.8 cm³/mol. The lowest BCUT2D eigenvalue weighted by molar-refractivity contribution is -0.132. The summed E-state index contributed by atoms with van der Waals surface area (Å²) in [7, 11) is 0. The van der Waals surface area contributed by atoms with Gasteiger partial charge in [-0.05, 0) is 17.9 Å². The third-order valence-corrected chi connectivity index (χ3v) is 5.30. The van der Waals surface area contributed by atoms with Gasteiger partial charge in [-0.2, -0.15) is 11.8 Å². The van der Waals surface area contributed by atoms with Crippen molar-refractivity contribution in [2.45, 2.75) is 31.6 Å². The molecule has 2 N–H and O–H groups in total. The van der Waals surface area contributed by atoms with Crippen molar-refractivity contribution in [3.05, 3.63) is 35.9 Å². The van der Waals surface area contributed by atoms with Crippen LogP contribution in [-0.2, 0) is 11.2 Å². The summed E-state index contributed by atoms with van der Waals surface area (Å²) in [4.78, 5) is 14.4. The number of hydrogen-bond donors (Lipinski definition) is 1. The quantitative estimate of drug-likeness (QED) is 0.925. The number of benzene rings is 1. The zero-order valence-corrected chi connectivity index (χ0v) is 13.1. The second-order valence-corrected chi connectivity index (χ2v) is 7.08. The van der Waals surface area contributed by atoms with Crippen molar-refractivity contribution in [2.24, 2.45) is 11.7 Å². The van der Waals surface area contributed by atoms with Gasteiger partial charge in [-0.1, -0.05) is 44.2 Å². The fourth-order valence-electron chi connectivity index (χ4n) is 2.47. The Morgan fingerprint density at radius 1 is 1.40 bits per heavy atom. The van der Waals surface area contributed by atoms with Crippen LogP contribution in [0.5, 0.6) is 0 Å². The van der Waals surface area contributed by atoms with E-state index in [4.69, 9.17) is 5.73 Å². The van der Waals surface area contributed by atoms with Crippen molar-refractivity contribution in [1.29, 1.82) is 0 Å². The van der Waals surface area contributed by atoms with Gasteiger partial charge in [-0.25, -0.2) is 0 Å². The summed E-state index contributed by atoms with van der Waals surface area (Å²) in [6.45, 7) is 6.10. The summed E-state index contributed by atoms with van der Waals surface area (Å²) in [5.74, 6) is 1.72. The van der Waals surface area contributed by atoms with E-state index in [1.165, 1.54) is 0 Å². The zero-order valence-electron chi connectivity index (χ0n) is 12.3. The molecule has 20 heavy (non-hydrogen) atoms. The van der Waals surface area contributed by atoms with Crippen LogP contribution in [-0.4, -0.2) is 40.9 Å². The van der Waals surface area contributed by atoms with Crippen LogP contribution in [0.25, 0.3) is 0 Å². The summed E-state index contributed by atoms with van der Waals surface area (Å²) in [5.41, 5.74) is 7.23. The van der Waals surface area contributed by atoms with Gasteiger partial charge in [0, 0.05) is 24.1 Å². The molecule has 0 bridgehead atoms. The Morgan fingerprint density at radius 2 is 2.10 bits per heavy atom. The number of carbonyl (C=O) groups is 1. The minimum absolute atomic E-state index is 0.0970. The molecule has 1 aliphatic heterocycles. The number of hydrogen-bond acceptors (Lipinski definition) is 3. The van der Waals surface area contributed by atoms with E-state index >= 15 is 0 Å². The van der Waals surface area contributed by atoms with Crippen LogP contribution in [0, 0.1) is 5.92 Å². The zero-order chi connectivity index (χ0) is 14.5. The molecule has 1 aromatic carbocycles. The maximum absolute atomic E-state index is 12.5. The van der Waals surface area contributed by atoms with Gasteiger partial charge >= 0.3 is 0 Å². The highest BCUT2D eigenvalue weighted by Crippen LogP contribution is 2.25. The van der Waals surface area contributed by atoms with Gasteiger partial charge in [-0.15, -0.1) is 0 Å². The van der Waals surface area contributed by atoms with E-state index in [2.05, 4.69) is 13.8 Å². The topological polar surface area (TPSA) is 46.3 Å². The highest BCUT2D eigenvalue weighted by molar-refractivity contribution is 8.00. The van der Waals surface area contributed by atoms with E-state index in [1.807, 2.05) is 47.0 Å². The lowest BCUT2D eigenvalue weighted by Gasteiger charge is -2.35. The maximum Gasteiger partial charge on any atom is 0.239 e. The second kappa shape index (κ2) is 7.14. The minimum atomic E-state index is -0.423. The third kappa shape index (κ3) is 4.00. The summed E-state index contributed by atoms with van der Waals surface area (Å²) in [6, 6.07) is 9.57. The molecule has 1 fully saturated rings. The van der Waals surface area contributed by atoms with Crippen LogP contribution in [0.2, 0.25) is 0 Å². The monoisotopic (exact) mass is 292 g/mol. The normalized spacial score (nSPS) is 21.0. The lowest BCUT2D eigenvalue weighted by Crippen LogP contribution is -2.50. The molecule has 0 spiro atoms. The standard InChI is InChI=1S/C16H24N2OS/c1-12(2)15-11-18(8-9-20-15)16(19)14(17)10-13-6-4-3-5-7-13/h3-7,12,14-15H,8-11,17H2,1-2H3/t14-,15-/m0/s1. The Labute approximate surface area is 125 Å². The number of carbonyl (C=O) groups excluding carboxylic acids is 1. The average Bonchev–Trinajstić information content (AvgIpc) is 2.47. The molecule has 1 aliphatic rings. The molecular formula is C16H24N2OS. The molecule has 0 radical (unpaired) electrons. The largest absolute Gasteiger partial charge is 0.339 e. The fraction of sp³-hybridized carbons (Fsp3) is 0.562. The second-order valence-electron chi connectivity index (χ2n) is 5.73. The first-order valence-corrected chi connectivity index (χ1v) is 8.32. The number of nitrogens with two attached hydrogens (primary N) is 1. The molecule has 110 valence electrons. The van der Waals surface area contributed by atoms with E-state index < -0.39 is 6.04 Å². The predicted octanol–water partition coefficient (Wildman–Crippen LogP) is 2.16. The molecule has 0 saturated carbocycles. The molecule has 0 unspecified atom stereocenters. The van der Waals surface area contributed by atoms with Crippen LogP contribution in [0.3, 0.4) is 0 Å². The molecule has 3 nitrogen and oxygen atoms in total. The smallest absolute Gasteiger partial charge is 0.239 e. The Kier molecular flexibility index (Phi) is 5.49. The Hall–Kier alpha value is -1.00. The number of amides is 1. The van der Waals surface area contributed by atoms with Crippen molar-refractivity contribution in [1.82, 2.24) is 4.90 Å². The van der Waals surface area contributed by atoms with Gasteiger partial charge < -0.3 is 10.6 Å². The van der Waals surface area contributed by atoms with E-state index in [1.54, 1.807) is 0 Å². The summed E-state index contributed by atoms with van der Waals surface area (Å²) >= 11 is 1.97. The average molecular weight is 292 g/mol. The van der Waals surface area contributed by atoms with E-state index in [0.717, 1.165) is 24.4 Å². The van der Waals surface area contributed by atoms with Crippen molar-refractivity contribution < 1.29 is 4.79 Å². The summed E-state index contributed by atoms with van der Waals surface area (Å²) in [6.07, 6.45) is 0.621. The number of thioether (sulfide) groups is 1. The first-order valence-electron chi connectivity index (χ1n) is 7.28. The SMILES string of the molecule is CC(C)[C@@H]1CN(C(=O)[C@@H](N)Cc2ccccc2)CCS1. The minimum Gasteiger partial charge on any atom is -0.339 e. The van der Waals surface area contributed by atoms with Crippen molar-refractivity contribution in [3.63, 3.8) is 0 Å².